The molecule has 0 radical (unpaired) electrons. The molecule has 0 aliphatic heterocycles. The zero-order valence-corrected chi connectivity index (χ0v) is 16.7. The summed E-state index contributed by atoms with van der Waals surface area (Å²) >= 11 is 1.67. The first-order valence-electron chi connectivity index (χ1n) is 9.08. The van der Waals surface area contributed by atoms with Crippen LogP contribution in [-0.4, -0.2) is 21.9 Å². The number of aromatic nitrogens is 3. The van der Waals surface area contributed by atoms with Crippen LogP contribution in [0.25, 0.3) is 17.1 Å². The fourth-order valence-electron chi connectivity index (χ4n) is 3.05. The fraction of sp³-hybridized carbons (Fsp3) is 0.130. The first-order valence-corrected chi connectivity index (χ1v) is 10.1. The van der Waals surface area contributed by atoms with Gasteiger partial charge in [-0.05, 0) is 42.8 Å². The summed E-state index contributed by atoms with van der Waals surface area (Å²) in [6, 6.07) is 26.7. The number of benzene rings is 3. The van der Waals surface area contributed by atoms with Gasteiger partial charge in [0.1, 0.15) is 5.75 Å². The lowest BCUT2D eigenvalue weighted by atomic mass is 10.1. The van der Waals surface area contributed by atoms with E-state index in [1.165, 1.54) is 11.1 Å². The molecule has 0 saturated carbocycles. The zero-order chi connectivity index (χ0) is 19.3. The normalized spacial score (nSPS) is 10.8. The van der Waals surface area contributed by atoms with E-state index < -0.39 is 0 Å². The van der Waals surface area contributed by atoms with Gasteiger partial charge in [-0.2, -0.15) is 0 Å². The van der Waals surface area contributed by atoms with Gasteiger partial charge in [0, 0.05) is 17.0 Å². The summed E-state index contributed by atoms with van der Waals surface area (Å²) in [5, 5.41) is 9.88. The molecule has 1 aromatic heterocycles. The number of nitrogens with zero attached hydrogens (tertiary/aromatic N) is 3. The molecule has 0 spiro atoms. The largest absolute Gasteiger partial charge is 0.497 e. The van der Waals surface area contributed by atoms with Crippen molar-refractivity contribution >= 4 is 11.8 Å². The second-order valence-electron chi connectivity index (χ2n) is 6.49. The molecule has 0 aliphatic carbocycles. The third kappa shape index (κ3) is 3.94. The van der Waals surface area contributed by atoms with Gasteiger partial charge in [0.25, 0.3) is 0 Å². The Labute approximate surface area is 169 Å². The molecule has 0 saturated heterocycles. The minimum atomic E-state index is 0.788. The Morgan fingerprint density at radius 2 is 1.71 bits per heavy atom. The van der Waals surface area contributed by atoms with Crippen molar-refractivity contribution in [1.82, 2.24) is 14.8 Å². The molecule has 4 nitrogen and oxygen atoms in total. The quantitative estimate of drug-likeness (QED) is 0.407. The minimum Gasteiger partial charge on any atom is -0.497 e. The molecule has 0 amide bonds. The van der Waals surface area contributed by atoms with Crippen LogP contribution < -0.4 is 4.74 Å². The van der Waals surface area contributed by atoms with Gasteiger partial charge in [-0.25, -0.2) is 0 Å². The van der Waals surface area contributed by atoms with Gasteiger partial charge in [0.05, 0.1) is 7.11 Å². The molecular formula is C23H21N3OS. The Morgan fingerprint density at radius 1 is 0.893 bits per heavy atom. The summed E-state index contributed by atoms with van der Waals surface area (Å²) in [5.41, 5.74) is 4.50. The average Bonchev–Trinajstić information content (AvgIpc) is 3.17. The molecule has 4 rings (SSSR count). The second-order valence-corrected chi connectivity index (χ2v) is 7.43. The number of methoxy groups -OCH3 is 1. The maximum absolute atomic E-state index is 5.33. The number of thioether (sulfide) groups is 1. The highest BCUT2D eigenvalue weighted by atomic mass is 32.2. The molecule has 0 atom stereocenters. The Hall–Kier alpha value is -3.05. The Morgan fingerprint density at radius 3 is 2.50 bits per heavy atom. The van der Waals surface area contributed by atoms with Gasteiger partial charge in [0.2, 0.25) is 0 Å². The predicted octanol–water partition coefficient (Wildman–Crippen LogP) is 5.54. The highest BCUT2D eigenvalue weighted by molar-refractivity contribution is 7.98. The Kier molecular flexibility index (Phi) is 5.44. The smallest absolute Gasteiger partial charge is 0.196 e. The molecule has 0 unspecified atom stereocenters. The molecule has 0 bridgehead atoms. The standard InChI is InChI=1S/C23H21N3OS/c1-17-8-6-10-19(14-17)22-24-25-23(26(22)20-11-4-3-5-12-20)28-16-18-9-7-13-21(15-18)27-2/h3-15H,16H2,1-2H3. The third-order valence-electron chi connectivity index (χ3n) is 4.43. The van der Waals surface area contributed by atoms with Crippen molar-refractivity contribution < 1.29 is 4.74 Å². The van der Waals surface area contributed by atoms with E-state index in [2.05, 4.69) is 70.2 Å². The molecule has 1 heterocycles. The molecule has 5 heteroatoms. The molecule has 4 aromatic rings. The van der Waals surface area contributed by atoms with E-state index >= 15 is 0 Å². The van der Waals surface area contributed by atoms with E-state index in [-0.39, 0.29) is 0 Å². The van der Waals surface area contributed by atoms with Gasteiger partial charge in [-0.3, -0.25) is 4.57 Å². The topological polar surface area (TPSA) is 39.9 Å². The van der Waals surface area contributed by atoms with Crippen molar-refractivity contribution in [3.63, 3.8) is 0 Å². The van der Waals surface area contributed by atoms with Crippen molar-refractivity contribution in [3.8, 4) is 22.8 Å². The first-order chi connectivity index (χ1) is 13.7. The average molecular weight is 388 g/mol. The summed E-state index contributed by atoms with van der Waals surface area (Å²) in [6.45, 7) is 2.09. The monoisotopic (exact) mass is 387 g/mol. The van der Waals surface area contributed by atoms with Crippen molar-refractivity contribution in [1.29, 1.82) is 0 Å². The highest BCUT2D eigenvalue weighted by Gasteiger charge is 2.16. The van der Waals surface area contributed by atoms with Crippen LogP contribution in [0.2, 0.25) is 0 Å². The summed E-state index contributed by atoms with van der Waals surface area (Å²) < 4.78 is 7.46. The number of hydrogen-bond acceptors (Lipinski definition) is 4. The lowest BCUT2D eigenvalue weighted by Crippen LogP contribution is -1.99. The Bertz CT molecular complexity index is 1080. The van der Waals surface area contributed by atoms with E-state index in [9.17, 15) is 0 Å². The van der Waals surface area contributed by atoms with Crippen LogP contribution in [0.15, 0.2) is 84.0 Å². The van der Waals surface area contributed by atoms with Crippen molar-refractivity contribution in [2.45, 2.75) is 17.8 Å². The van der Waals surface area contributed by atoms with Gasteiger partial charge in [-0.15, -0.1) is 10.2 Å². The molecule has 0 fully saturated rings. The van der Waals surface area contributed by atoms with Crippen LogP contribution in [0.5, 0.6) is 5.75 Å². The van der Waals surface area contributed by atoms with Crippen LogP contribution >= 0.6 is 11.8 Å². The molecular weight excluding hydrogens is 366 g/mol. The summed E-state index contributed by atoms with van der Waals surface area (Å²) in [7, 11) is 1.69. The van der Waals surface area contributed by atoms with Crippen LogP contribution in [0.3, 0.4) is 0 Å². The zero-order valence-electron chi connectivity index (χ0n) is 15.9. The van der Waals surface area contributed by atoms with Crippen molar-refractivity contribution in [2.24, 2.45) is 0 Å². The molecule has 28 heavy (non-hydrogen) atoms. The van der Waals surface area contributed by atoms with Crippen LogP contribution in [0, 0.1) is 6.92 Å². The Balaban J connectivity index is 1.71. The molecule has 3 aromatic carbocycles. The van der Waals surface area contributed by atoms with Crippen LogP contribution in [0.1, 0.15) is 11.1 Å². The number of hydrogen-bond donors (Lipinski definition) is 0. The van der Waals surface area contributed by atoms with Gasteiger partial charge in [0.15, 0.2) is 11.0 Å². The third-order valence-corrected chi connectivity index (χ3v) is 5.43. The summed E-state index contributed by atoms with van der Waals surface area (Å²) in [5.74, 6) is 2.50. The van der Waals surface area contributed by atoms with Crippen LogP contribution in [0.4, 0.5) is 0 Å². The van der Waals surface area contributed by atoms with E-state index in [0.29, 0.717) is 0 Å². The van der Waals surface area contributed by atoms with Gasteiger partial charge >= 0.3 is 0 Å². The van der Waals surface area contributed by atoms with E-state index in [0.717, 1.165) is 33.7 Å². The number of rotatable bonds is 6. The number of aryl methyl sites for hydroxylation is 1. The maximum Gasteiger partial charge on any atom is 0.196 e. The van der Waals surface area contributed by atoms with Crippen molar-refractivity contribution in [2.75, 3.05) is 7.11 Å². The van der Waals surface area contributed by atoms with Gasteiger partial charge < -0.3 is 4.74 Å². The van der Waals surface area contributed by atoms with E-state index in [1.54, 1.807) is 18.9 Å². The predicted molar refractivity (Wildman–Crippen MR) is 114 cm³/mol. The van der Waals surface area contributed by atoms with Gasteiger partial charge in [-0.1, -0.05) is 65.9 Å². The number of para-hydroxylation sites is 1. The maximum atomic E-state index is 5.33. The number of ether oxygens (including phenoxy) is 1. The fourth-order valence-corrected chi connectivity index (χ4v) is 3.95. The SMILES string of the molecule is COc1cccc(CSc2nnc(-c3cccc(C)c3)n2-c2ccccc2)c1. The van der Waals surface area contributed by atoms with E-state index in [4.69, 9.17) is 4.74 Å². The second kappa shape index (κ2) is 8.31. The lowest BCUT2D eigenvalue weighted by molar-refractivity contribution is 0.414. The molecule has 140 valence electrons. The molecule has 0 aliphatic rings. The van der Waals surface area contributed by atoms with Crippen molar-refractivity contribution in [3.05, 3.63) is 90.0 Å². The first kappa shape index (κ1) is 18.3. The van der Waals surface area contributed by atoms with E-state index in [1.807, 2.05) is 30.3 Å². The minimum absolute atomic E-state index is 0.788. The highest BCUT2D eigenvalue weighted by Crippen LogP contribution is 2.30. The molecule has 0 N–H and O–H groups in total. The van der Waals surface area contributed by atoms with Crippen LogP contribution in [-0.2, 0) is 5.75 Å². The summed E-state index contributed by atoms with van der Waals surface area (Å²) in [6.07, 6.45) is 0. The lowest BCUT2D eigenvalue weighted by Gasteiger charge is -2.11. The summed E-state index contributed by atoms with van der Waals surface area (Å²) in [4.78, 5) is 0.